The highest BCUT2D eigenvalue weighted by atomic mass is 19.1. The number of nitrogens with zero attached hydrogens (tertiary/aromatic N) is 2. The van der Waals surface area contributed by atoms with Crippen LogP contribution in [0.3, 0.4) is 0 Å². The summed E-state index contributed by atoms with van der Waals surface area (Å²) >= 11 is 0. The smallest absolute Gasteiger partial charge is 0.283 e. The maximum Gasteiger partial charge on any atom is 0.283 e. The van der Waals surface area contributed by atoms with Crippen LogP contribution in [0, 0.1) is 11.6 Å². The van der Waals surface area contributed by atoms with Gasteiger partial charge in [-0.2, -0.15) is 0 Å². The molecule has 1 unspecified atom stereocenters. The predicted molar refractivity (Wildman–Crippen MR) is 93.8 cm³/mol. The van der Waals surface area contributed by atoms with Crippen molar-refractivity contribution in [1.82, 2.24) is 10.2 Å². The van der Waals surface area contributed by atoms with Gasteiger partial charge in [0.2, 0.25) is 0 Å². The Morgan fingerprint density at radius 3 is 2.68 bits per heavy atom. The molecule has 0 saturated heterocycles. The molecule has 8 heteroatoms. The van der Waals surface area contributed by atoms with Gasteiger partial charge < -0.3 is 13.6 Å². The van der Waals surface area contributed by atoms with E-state index in [4.69, 9.17) is 13.6 Å². The zero-order chi connectivity index (χ0) is 19.3. The van der Waals surface area contributed by atoms with Gasteiger partial charge >= 0.3 is 0 Å². The number of aryl methyl sites for hydroxylation is 1. The largest absolute Gasteiger partial charge is 0.480 e. The van der Waals surface area contributed by atoms with Gasteiger partial charge in [0.15, 0.2) is 17.3 Å². The van der Waals surface area contributed by atoms with E-state index >= 15 is 0 Å². The zero-order valence-electron chi connectivity index (χ0n) is 14.3. The highest BCUT2D eigenvalue weighted by Gasteiger charge is 2.27. The van der Waals surface area contributed by atoms with Crippen LogP contribution in [0.1, 0.15) is 24.0 Å². The summed E-state index contributed by atoms with van der Waals surface area (Å²) in [6.07, 6.45) is 0.658. The van der Waals surface area contributed by atoms with Gasteiger partial charge in [-0.05, 0) is 54.8 Å². The molecule has 0 aliphatic carbocycles. The molecule has 0 N–H and O–H groups in total. The standard InChI is InChI=1S/C20H12F2N2O4/c21-11-2-5-15-10(7-11)1-4-17(26-15)19-23-24-20(28-19)18-9-14(25)13-8-12(22)3-6-16(13)27-18/h2-3,5-9,17H,1,4H2. The van der Waals surface area contributed by atoms with Crippen LogP contribution in [-0.4, -0.2) is 10.2 Å². The third-order valence-electron chi connectivity index (χ3n) is 4.58. The number of halogens is 2. The van der Waals surface area contributed by atoms with Crippen LogP contribution in [0.4, 0.5) is 8.78 Å². The Kier molecular flexibility index (Phi) is 3.71. The van der Waals surface area contributed by atoms with Crippen LogP contribution in [0.15, 0.2) is 56.1 Å². The lowest BCUT2D eigenvalue weighted by Gasteiger charge is -2.23. The van der Waals surface area contributed by atoms with Crippen LogP contribution >= 0.6 is 0 Å². The van der Waals surface area contributed by atoms with Gasteiger partial charge in [0, 0.05) is 6.07 Å². The number of ether oxygens (including phenoxy) is 1. The van der Waals surface area contributed by atoms with Gasteiger partial charge in [-0.15, -0.1) is 10.2 Å². The monoisotopic (exact) mass is 382 g/mol. The van der Waals surface area contributed by atoms with E-state index in [1.807, 2.05) is 0 Å². The van der Waals surface area contributed by atoms with Gasteiger partial charge in [0.05, 0.1) is 5.39 Å². The van der Waals surface area contributed by atoms with E-state index in [1.165, 1.54) is 30.3 Å². The topological polar surface area (TPSA) is 78.4 Å². The molecule has 2 aromatic heterocycles. The summed E-state index contributed by atoms with van der Waals surface area (Å²) in [5, 5.41) is 8.05. The maximum atomic E-state index is 13.3. The molecule has 28 heavy (non-hydrogen) atoms. The fourth-order valence-electron chi connectivity index (χ4n) is 3.23. The lowest BCUT2D eigenvalue weighted by Crippen LogP contribution is -2.15. The number of hydrogen-bond donors (Lipinski definition) is 0. The van der Waals surface area contributed by atoms with Crippen molar-refractivity contribution in [3.8, 4) is 17.4 Å². The van der Waals surface area contributed by atoms with Gasteiger partial charge in [-0.1, -0.05) is 0 Å². The summed E-state index contributed by atoms with van der Waals surface area (Å²) in [5.74, 6) is 0.0609. The van der Waals surface area contributed by atoms with Crippen molar-refractivity contribution in [2.24, 2.45) is 0 Å². The average molecular weight is 382 g/mol. The Morgan fingerprint density at radius 2 is 1.79 bits per heavy atom. The van der Waals surface area contributed by atoms with Crippen LogP contribution in [0.5, 0.6) is 5.75 Å². The second kappa shape index (κ2) is 6.26. The first kappa shape index (κ1) is 16.6. The molecule has 0 amide bonds. The number of benzene rings is 2. The summed E-state index contributed by atoms with van der Waals surface area (Å²) in [6, 6.07) is 9.19. The molecule has 1 aliphatic heterocycles. The lowest BCUT2D eigenvalue weighted by molar-refractivity contribution is 0.144. The summed E-state index contributed by atoms with van der Waals surface area (Å²) < 4.78 is 43.7. The lowest BCUT2D eigenvalue weighted by atomic mass is 10.0. The van der Waals surface area contributed by atoms with Crippen LogP contribution in [0.25, 0.3) is 22.6 Å². The van der Waals surface area contributed by atoms with Crippen molar-refractivity contribution >= 4 is 11.0 Å². The Labute approximate surface area is 156 Å². The molecule has 140 valence electrons. The van der Waals surface area contributed by atoms with Crippen molar-refractivity contribution in [3.05, 3.63) is 75.8 Å². The van der Waals surface area contributed by atoms with E-state index in [-0.39, 0.29) is 34.3 Å². The molecule has 0 bridgehead atoms. The van der Waals surface area contributed by atoms with E-state index in [9.17, 15) is 13.6 Å². The summed E-state index contributed by atoms with van der Waals surface area (Å²) in [5.41, 5.74) is 0.581. The molecule has 3 heterocycles. The van der Waals surface area contributed by atoms with E-state index < -0.39 is 17.3 Å². The summed E-state index contributed by atoms with van der Waals surface area (Å²) in [7, 11) is 0. The molecule has 5 rings (SSSR count). The fraction of sp³-hybridized carbons (Fsp3) is 0.150. The molecule has 0 radical (unpaired) electrons. The Balaban J connectivity index is 1.47. The highest BCUT2D eigenvalue weighted by molar-refractivity contribution is 5.77. The normalized spacial score (nSPS) is 16.0. The Bertz CT molecular complexity index is 1260. The number of rotatable bonds is 2. The van der Waals surface area contributed by atoms with Crippen molar-refractivity contribution < 1.29 is 22.4 Å². The first-order valence-corrected chi connectivity index (χ1v) is 8.59. The summed E-state index contributed by atoms with van der Waals surface area (Å²) in [6.45, 7) is 0. The molecule has 1 atom stereocenters. The number of fused-ring (bicyclic) bond motifs is 2. The van der Waals surface area contributed by atoms with E-state index in [0.717, 1.165) is 11.6 Å². The fourth-order valence-corrected chi connectivity index (χ4v) is 3.23. The molecular formula is C20H12F2N2O4. The Hall–Kier alpha value is -3.55. The van der Waals surface area contributed by atoms with E-state index in [1.54, 1.807) is 6.07 Å². The third-order valence-corrected chi connectivity index (χ3v) is 4.58. The van der Waals surface area contributed by atoms with Crippen molar-refractivity contribution in [1.29, 1.82) is 0 Å². The maximum absolute atomic E-state index is 13.3. The molecule has 0 spiro atoms. The number of hydrogen-bond acceptors (Lipinski definition) is 6. The quantitative estimate of drug-likeness (QED) is 0.517. The van der Waals surface area contributed by atoms with Crippen molar-refractivity contribution in [2.45, 2.75) is 18.9 Å². The first-order valence-electron chi connectivity index (χ1n) is 8.59. The Morgan fingerprint density at radius 1 is 0.964 bits per heavy atom. The third kappa shape index (κ3) is 2.83. The van der Waals surface area contributed by atoms with Crippen molar-refractivity contribution in [2.75, 3.05) is 0 Å². The summed E-state index contributed by atoms with van der Waals surface area (Å²) in [4.78, 5) is 12.2. The van der Waals surface area contributed by atoms with Crippen LogP contribution in [-0.2, 0) is 6.42 Å². The van der Waals surface area contributed by atoms with Crippen molar-refractivity contribution in [3.63, 3.8) is 0 Å². The predicted octanol–water partition coefficient (Wildman–Crippen LogP) is 4.19. The SMILES string of the molecule is O=c1cc(-c2nnc(C3CCc4cc(F)ccc4O3)o2)oc2ccc(F)cc12. The molecule has 0 saturated carbocycles. The van der Waals surface area contributed by atoms with Gasteiger partial charge in [0.25, 0.3) is 11.8 Å². The van der Waals surface area contributed by atoms with Gasteiger partial charge in [0.1, 0.15) is 23.0 Å². The minimum absolute atomic E-state index is 0.0202. The molecular weight excluding hydrogens is 370 g/mol. The molecule has 2 aromatic carbocycles. The molecule has 1 aliphatic rings. The van der Waals surface area contributed by atoms with E-state index in [2.05, 4.69) is 10.2 Å². The second-order valence-corrected chi connectivity index (χ2v) is 6.46. The molecule has 0 fully saturated rings. The average Bonchev–Trinajstić information content (AvgIpc) is 3.18. The second-order valence-electron chi connectivity index (χ2n) is 6.46. The first-order chi connectivity index (χ1) is 13.6. The van der Waals surface area contributed by atoms with Crippen LogP contribution in [0.2, 0.25) is 0 Å². The van der Waals surface area contributed by atoms with E-state index in [0.29, 0.717) is 18.6 Å². The van der Waals surface area contributed by atoms with Gasteiger partial charge in [-0.3, -0.25) is 4.79 Å². The number of aromatic nitrogens is 2. The van der Waals surface area contributed by atoms with Gasteiger partial charge in [-0.25, -0.2) is 8.78 Å². The molecule has 6 nitrogen and oxygen atoms in total. The molecule has 4 aromatic rings. The highest BCUT2D eigenvalue weighted by Crippen LogP contribution is 2.35. The minimum atomic E-state index is -0.526. The minimum Gasteiger partial charge on any atom is -0.480 e. The zero-order valence-corrected chi connectivity index (χ0v) is 14.3. The van der Waals surface area contributed by atoms with Crippen LogP contribution < -0.4 is 10.2 Å².